The molecule has 0 radical (unpaired) electrons. The number of aromatic amines is 2. The molecule has 0 bridgehead atoms. The van der Waals surface area contributed by atoms with Crippen LogP contribution in [0, 0.1) is 0 Å². The molecule has 4 aromatic rings. The molecule has 1 aromatic heterocycles. The van der Waals surface area contributed by atoms with Gasteiger partial charge in [0.05, 0.1) is 0 Å². The second kappa shape index (κ2) is 11.7. The van der Waals surface area contributed by atoms with E-state index in [0.29, 0.717) is 17.7 Å². The first-order valence-corrected chi connectivity index (χ1v) is 12.8. The second-order valence-corrected chi connectivity index (χ2v) is 9.46. The Hall–Kier alpha value is -4.49. The van der Waals surface area contributed by atoms with Crippen molar-refractivity contribution >= 4 is 18.1 Å². The fourth-order valence-corrected chi connectivity index (χ4v) is 4.66. The first-order valence-electron chi connectivity index (χ1n) is 12.8. The van der Waals surface area contributed by atoms with E-state index in [0.717, 1.165) is 38.0 Å². The van der Waals surface area contributed by atoms with E-state index < -0.39 is 5.56 Å². The molecule has 1 amide bonds. The highest BCUT2D eigenvalue weighted by atomic mass is 16.2. The van der Waals surface area contributed by atoms with Crippen molar-refractivity contribution in [2.24, 2.45) is 0 Å². The summed E-state index contributed by atoms with van der Waals surface area (Å²) in [5.74, 6) is -0.132. The van der Waals surface area contributed by atoms with Gasteiger partial charge in [-0.3, -0.25) is 19.3 Å². The van der Waals surface area contributed by atoms with Crippen LogP contribution in [0.4, 0.5) is 0 Å². The third kappa shape index (κ3) is 6.25. The molecule has 3 N–H and O–H groups in total. The summed E-state index contributed by atoms with van der Waals surface area (Å²) in [5, 5.41) is 3.33. The molecule has 1 aliphatic rings. The van der Waals surface area contributed by atoms with Gasteiger partial charge in [0.2, 0.25) is 0 Å². The molecule has 0 aliphatic carbocycles. The van der Waals surface area contributed by atoms with E-state index in [9.17, 15) is 14.4 Å². The molecule has 0 saturated heterocycles. The van der Waals surface area contributed by atoms with E-state index in [-0.39, 0.29) is 22.2 Å². The zero-order valence-corrected chi connectivity index (χ0v) is 21.1. The lowest BCUT2D eigenvalue weighted by molar-refractivity contribution is 0.0951. The van der Waals surface area contributed by atoms with E-state index >= 15 is 0 Å². The monoisotopic (exact) mass is 506 g/mol. The number of nitrogens with one attached hydrogen (secondary N) is 3. The number of rotatable bonds is 7. The van der Waals surface area contributed by atoms with Gasteiger partial charge in [0.1, 0.15) is 10.7 Å². The maximum absolute atomic E-state index is 12.6. The van der Waals surface area contributed by atoms with Crippen molar-refractivity contribution in [3.63, 3.8) is 0 Å². The Morgan fingerprint density at radius 2 is 1.39 bits per heavy atom. The van der Waals surface area contributed by atoms with Gasteiger partial charge in [-0.1, -0.05) is 66.7 Å². The van der Waals surface area contributed by atoms with Gasteiger partial charge in [-0.05, 0) is 59.4 Å². The standard InChI is InChI=1S/C31H30N4O3/c36-29(32-16-6-17-35-18-15-24-9-4-5-10-26(24)21-35)25-13-11-23(12-14-25)20-28-31(38)33-27(30(37)34-28)19-22-7-2-1-3-8-22/h1-5,7-14,19-20H,6,15-18,21H2,(H,32,36)(H,33,38)(H,34,37)/b27-19-,28-20-. The molecule has 0 unspecified atom stereocenters. The highest BCUT2D eigenvalue weighted by molar-refractivity contribution is 5.94. The predicted octanol–water partition coefficient (Wildman–Crippen LogP) is 1.90. The third-order valence-corrected chi connectivity index (χ3v) is 6.73. The minimum Gasteiger partial charge on any atom is -0.352 e. The second-order valence-electron chi connectivity index (χ2n) is 9.46. The normalized spacial score (nSPS) is 14.3. The summed E-state index contributed by atoms with van der Waals surface area (Å²) in [4.78, 5) is 45.3. The van der Waals surface area contributed by atoms with Crippen LogP contribution in [0.1, 0.15) is 39.0 Å². The molecule has 38 heavy (non-hydrogen) atoms. The third-order valence-electron chi connectivity index (χ3n) is 6.73. The Morgan fingerprint density at radius 3 is 2.08 bits per heavy atom. The lowest BCUT2D eigenvalue weighted by Crippen LogP contribution is -2.46. The molecule has 192 valence electrons. The van der Waals surface area contributed by atoms with E-state index in [1.165, 1.54) is 11.1 Å². The Bertz CT molecular complexity index is 1650. The number of H-pyrrole nitrogens is 2. The Morgan fingerprint density at radius 1 is 0.789 bits per heavy atom. The van der Waals surface area contributed by atoms with Gasteiger partial charge in [-0.2, -0.15) is 0 Å². The molecule has 7 heteroatoms. The van der Waals surface area contributed by atoms with Crippen LogP contribution in [0.3, 0.4) is 0 Å². The van der Waals surface area contributed by atoms with Crippen molar-refractivity contribution in [3.05, 3.63) is 138 Å². The van der Waals surface area contributed by atoms with Gasteiger partial charge in [-0.15, -0.1) is 0 Å². The molecule has 0 atom stereocenters. The van der Waals surface area contributed by atoms with Crippen LogP contribution in [0.15, 0.2) is 88.5 Å². The van der Waals surface area contributed by atoms with Crippen molar-refractivity contribution in [1.82, 2.24) is 20.2 Å². The average Bonchev–Trinajstić information content (AvgIpc) is 2.94. The first kappa shape index (κ1) is 25.2. The Kier molecular flexibility index (Phi) is 7.75. The topological polar surface area (TPSA) is 98.1 Å². The van der Waals surface area contributed by atoms with Gasteiger partial charge in [0, 0.05) is 31.7 Å². The number of aromatic nitrogens is 2. The summed E-state index contributed by atoms with van der Waals surface area (Å²) in [6, 6.07) is 24.8. The average molecular weight is 507 g/mol. The molecule has 0 spiro atoms. The minimum absolute atomic E-state index is 0.132. The van der Waals surface area contributed by atoms with Crippen LogP contribution in [0.25, 0.3) is 12.2 Å². The summed E-state index contributed by atoms with van der Waals surface area (Å²) < 4.78 is 0. The van der Waals surface area contributed by atoms with Crippen LogP contribution in [0.2, 0.25) is 0 Å². The maximum atomic E-state index is 12.6. The van der Waals surface area contributed by atoms with Crippen LogP contribution >= 0.6 is 0 Å². The molecule has 0 fully saturated rings. The lowest BCUT2D eigenvalue weighted by Gasteiger charge is -2.28. The van der Waals surface area contributed by atoms with E-state index in [1.54, 1.807) is 36.4 Å². The predicted molar refractivity (Wildman–Crippen MR) is 149 cm³/mol. The van der Waals surface area contributed by atoms with Crippen LogP contribution < -0.4 is 27.1 Å². The van der Waals surface area contributed by atoms with E-state index in [4.69, 9.17) is 0 Å². The zero-order valence-electron chi connectivity index (χ0n) is 21.1. The highest BCUT2D eigenvalue weighted by Gasteiger charge is 2.15. The number of fused-ring (bicyclic) bond motifs is 1. The summed E-state index contributed by atoms with van der Waals surface area (Å²) in [7, 11) is 0. The number of benzene rings is 3. The summed E-state index contributed by atoms with van der Waals surface area (Å²) in [5.41, 5.74) is 4.11. The molecule has 5 rings (SSSR count). The van der Waals surface area contributed by atoms with Crippen molar-refractivity contribution < 1.29 is 4.79 Å². The highest BCUT2D eigenvalue weighted by Crippen LogP contribution is 2.18. The van der Waals surface area contributed by atoms with Crippen molar-refractivity contribution in [1.29, 1.82) is 0 Å². The fraction of sp³-hybridized carbons (Fsp3) is 0.194. The maximum Gasteiger partial charge on any atom is 0.272 e. The number of hydrogen-bond acceptors (Lipinski definition) is 4. The van der Waals surface area contributed by atoms with Gasteiger partial charge in [-0.25, -0.2) is 0 Å². The molecule has 1 aliphatic heterocycles. The minimum atomic E-state index is -0.397. The fourth-order valence-electron chi connectivity index (χ4n) is 4.66. The van der Waals surface area contributed by atoms with Gasteiger partial charge in [0.15, 0.2) is 0 Å². The van der Waals surface area contributed by atoms with Crippen LogP contribution in [-0.2, 0) is 13.0 Å². The van der Waals surface area contributed by atoms with Crippen molar-refractivity contribution in [3.8, 4) is 0 Å². The molecule has 7 nitrogen and oxygen atoms in total. The molecule has 2 heterocycles. The van der Waals surface area contributed by atoms with Gasteiger partial charge in [0.25, 0.3) is 17.0 Å². The van der Waals surface area contributed by atoms with Gasteiger partial charge >= 0.3 is 0 Å². The van der Waals surface area contributed by atoms with Crippen molar-refractivity contribution in [2.75, 3.05) is 19.6 Å². The largest absolute Gasteiger partial charge is 0.352 e. The summed E-state index contributed by atoms with van der Waals surface area (Å²) >= 11 is 0. The molecule has 0 saturated carbocycles. The smallest absolute Gasteiger partial charge is 0.272 e. The molecule has 3 aromatic carbocycles. The molecular formula is C31H30N4O3. The van der Waals surface area contributed by atoms with Crippen molar-refractivity contribution in [2.45, 2.75) is 19.4 Å². The van der Waals surface area contributed by atoms with Crippen LogP contribution in [-0.4, -0.2) is 40.4 Å². The Labute approximate surface area is 220 Å². The number of amides is 1. The number of carbonyl (C=O) groups is 1. The van der Waals surface area contributed by atoms with E-state index in [1.807, 2.05) is 30.3 Å². The Balaban J connectivity index is 1.17. The SMILES string of the molecule is O=C(NCCCN1CCc2ccccc2C1)c1ccc(/C=c2\[nH]c(=O)/c(=C/c3ccccc3)[nH]c2=O)cc1. The number of hydrogen-bond donors (Lipinski definition) is 3. The summed E-state index contributed by atoms with van der Waals surface area (Å²) in [6.45, 7) is 3.56. The van der Waals surface area contributed by atoms with E-state index in [2.05, 4.69) is 44.5 Å². The molecular weight excluding hydrogens is 476 g/mol. The quantitative estimate of drug-likeness (QED) is 0.334. The first-order chi connectivity index (χ1) is 18.5. The van der Waals surface area contributed by atoms with Gasteiger partial charge < -0.3 is 15.3 Å². The summed E-state index contributed by atoms with van der Waals surface area (Å²) in [6.07, 6.45) is 5.17. The lowest BCUT2D eigenvalue weighted by atomic mass is 10.00. The zero-order chi connectivity index (χ0) is 26.3. The van der Waals surface area contributed by atoms with Crippen LogP contribution in [0.5, 0.6) is 0 Å². The number of nitrogens with zero attached hydrogens (tertiary/aromatic N) is 1. The number of carbonyl (C=O) groups excluding carboxylic acids is 1.